The van der Waals surface area contributed by atoms with Crippen molar-refractivity contribution in [2.45, 2.75) is 58.0 Å². The predicted octanol–water partition coefficient (Wildman–Crippen LogP) is 3.98. The van der Waals surface area contributed by atoms with Crippen molar-refractivity contribution in [2.24, 2.45) is 0 Å². The quantitative estimate of drug-likeness (QED) is 0.593. The number of rotatable bonds is 12. The highest BCUT2D eigenvalue weighted by Crippen LogP contribution is 2.14. The SMILES string of the molecule is CCCCCC(O)CCOCCCc1cccc(OC)c1. The van der Waals surface area contributed by atoms with E-state index in [1.165, 1.54) is 18.4 Å². The first-order valence-electron chi connectivity index (χ1n) is 8.15. The minimum absolute atomic E-state index is 0.199. The van der Waals surface area contributed by atoms with Crippen LogP contribution in [-0.4, -0.2) is 31.5 Å². The first-order valence-corrected chi connectivity index (χ1v) is 8.15. The van der Waals surface area contributed by atoms with Gasteiger partial charge in [0, 0.05) is 13.2 Å². The molecule has 1 rings (SSSR count). The fraction of sp³-hybridized carbons (Fsp3) is 0.667. The summed E-state index contributed by atoms with van der Waals surface area (Å²) >= 11 is 0. The average molecular weight is 294 g/mol. The van der Waals surface area contributed by atoms with Gasteiger partial charge in [-0.25, -0.2) is 0 Å². The van der Waals surface area contributed by atoms with Gasteiger partial charge in [0.1, 0.15) is 5.75 Å². The van der Waals surface area contributed by atoms with E-state index in [0.717, 1.165) is 44.5 Å². The summed E-state index contributed by atoms with van der Waals surface area (Å²) in [5, 5.41) is 9.77. The van der Waals surface area contributed by atoms with Crippen molar-refractivity contribution >= 4 is 0 Å². The first-order chi connectivity index (χ1) is 10.3. The zero-order valence-corrected chi connectivity index (χ0v) is 13.5. The molecule has 1 N–H and O–H groups in total. The lowest BCUT2D eigenvalue weighted by Gasteiger charge is -2.10. The number of ether oxygens (including phenoxy) is 2. The minimum Gasteiger partial charge on any atom is -0.497 e. The summed E-state index contributed by atoms with van der Waals surface area (Å²) in [6.45, 7) is 3.59. The van der Waals surface area contributed by atoms with Gasteiger partial charge in [0.05, 0.1) is 13.2 Å². The van der Waals surface area contributed by atoms with E-state index in [1.54, 1.807) is 7.11 Å². The van der Waals surface area contributed by atoms with E-state index in [0.29, 0.717) is 6.61 Å². The Bertz CT molecular complexity index is 365. The maximum Gasteiger partial charge on any atom is 0.119 e. The van der Waals surface area contributed by atoms with Gasteiger partial charge < -0.3 is 14.6 Å². The smallest absolute Gasteiger partial charge is 0.119 e. The molecule has 0 radical (unpaired) electrons. The Labute approximate surface area is 129 Å². The highest BCUT2D eigenvalue weighted by Gasteiger charge is 2.03. The molecule has 1 unspecified atom stereocenters. The molecule has 0 aliphatic carbocycles. The van der Waals surface area contributed by atoms with Gasteiger partial charge in [-0.3, -0.25) is 0 Å². The number of aryl methyl sites for hydroxylation is 1. The van der Waals surface area contributed by atoms with E-state index in [1.807, 2.05) is 12.1 Å². The van der Waals surface area contributed by atoms with Crippen LogP contribution in [0.2, 0.25) is 0 Å². The molecule has 3 heteroatoms. The third kappa shape index (κ3) is 8.74. The molecule has 3 nitrogen and oxygen atoms in total. The van der Waals surface area contributed by atoms with Gasteiger partial charge in [-0.1, -0.05) is 38.3 Å². The van der Waals surface area contributed by atoms with E-state index in [9.17, 15) is 5.11 Å². The van der Waals surface area contributed by atoms with Gasteiger partial charge >= 0.3 is 0 Å². The van der Waals surface area contributed by atoms with E-state index in [-0.39, 0.29) is 6.10 Å². The molecule has 0 saturated carbocycles. The van der Waals surface area contributed by atoms with Crippen LogP contribution in [0, 0.1) is 0 Å². The molecule has 21 heavy (non-hydrogen) atoms. The maximum atomic E-state index is 9.77. The van der Waals surface area contributed by atoms with Crippen LogP contribution in [0.1, 0.15) is 51.0 Å². The van der Waals surface area contributed by atoms with Gasteiger partial charge in [-0.2, -0.15) is 0 Å². The van der Waals surface area contributed by atoms with E-state index in [4.69, 9.17) is 9.47 Å². The molecule has 1 aromatic rings. The topological polar surface area (TPSA) is 38.7 Å². The van der Waals surface area contributed by atoms with Crippen molar-refractivity contribution in [1.82, 2.24) is 0 Å². The zero-order valence-electron chi connectivity index (χ0n) is 13.5. The summed E-state index contributed by atoms with van der Waals surface area (Å²) < 4.78 is 10.8. The van der Waals surface area contributed by atoms with Gasteiger partial charge in [-0.15, -0.1) is 0 Å². The molecule has 0 bridgehead atoms. The van der Waals surface area contributed by atoms with Gasteiger partial charge in [0.2, 0.25) is 0 Å². The fourth-order valence-corrected chi connectivity index (χ4v) is 2.30. The largest absolute Gasteiger partial charge is 0.497 e. The molecule has 1 aromatic carbocycles. The van der Waals surface area contributed by atoms with Crippen LogP contribution < -0.4 is 4.74 Å². The summed E-state index contributed by atoms with van der Waals surface area (Å²) in [6, 6.07) is 8.15. The minimum atomic E-state index is -0.199. The monoisotopic (exact) mass is 294 g/mol. The fourth-order valence-electron chi connectivity index (χ4n) is 2.30. The summed E-state index contributed by atoms with van der Waals surface area (Å²) in [6.07, 6.45) is 6.98. The summed E-state index contributed by atoms with van der Waals surface area (Å²) in [4.78, 5) is 0. The van der Waals surface area contributed by atoms with Crippen LogP contribution in [0.15, 0.2) is 24.3 Å². The third-order valence-corrected chi connectivity index (χ3v) is 3.62. The van der Waals surface area contributed by atoms with Crippen molar-refractivity contribution in [2.75, 3.05) is 20.3 Å². The second-order valence-corrected chi connectivity index (χ2v) is 5.51. The Morgan fingerprint density at radius 1 is 1.10 bits per heavy atom. The lowest BCUT2D eigenvalue weighted by atomic mass is 10.1. The molecule has 0 aliphatic rings. The van der Waals surface area contributed by atoms with Crippen LogP contribution in [0.5, 0.6) is 5.75 Å². The van der Waals surface area contributed by atoms with Crippen LogP contribution in [0.3, 0.4) is 0 Å². The molecule has 1 atom stereocenters. The zero-order chi connectivity index (χ0) is 15.3. The number of hydrogen-bond donors (Lipinski definition) is 1. The average Bonchev–Trinajstić information content (AvgIpc) is 2.51. The molecule has 0 saturated heterocycles. The Balaban J connectivity index is 2.01. The van der Waals surface area contributed by atoms with Crippen LogP contribution in [0.25, 0.3) is 0 Å². The van der Waals surface area contributed by atoms with E-state index >= 15 is 0 Å². The Morgan fingerprint density at radius 3 is 2.71 bits per heavy atom. The first kappa shape index (κ1) is 18.0. The molecule has 0 amide bonds. The van der Waals surface area contributed by atoms with Crippen LogP contribution in [0.4, 0.5) is 0 Å². The second kappa shape index (κ2) is 11.6. The molecule has 0 spiro atoms. The highest BCUT2D eigenvalue weighted by atomic mass is 16.5. The molecular formula is C18H30O3. The highest BCUT2D eigenvalue weighted by molar-refractivity contribution is 5.28. The summed E-state index contributed by atoms with van der Waals surface area (Å²) in [5.41, 5.74) is 1.28. The van der Waals surface area contributed by atoms with Crippen LogP contribution in [-0.2, 0) is 11.2 Å². The van der Waals surface area contributed by atoms with Gasteiger partial charge in [0.15, 0.2) is 0 Å². The molecule has 0 aliphatic heterocycles. The van der Waals surface area contributed by atoms with E-state index in [2.05, 4.69) is 19.1 Å². The van der Waals surface area contributed by atoms with Crippen molar-refractivity contribution in [3.05, 3.63) is 29.8 Å². The lowest BCUT2D eigenvalue weighted by molar-refractivity contribution is 0.0759. The standard InChI is InChI=1S/C18H30O3/c1-3-4-5-10-17(19)12-14-21-13-7-9-16-8-6-11-18(15-16)20-2/h6,8,11,15,17,19H,3-5,7,9-10,12-14H2,1-2H3. The Kier molecular flexibility index (Phi) is 9.92. The normalized spacial score (nSPS) is 12.3. The molecule has 0 heterocycles. The summed E-state index contributed by atoms with van der Waals surface area (Å²) in [7, 11) is 1.69. The molecule has 120 valence electrons. The number of unbranched alkanes of at least 4 members (excludes halogenated alkanes) is 2. The third-order valence-electron chi connectivity index (χ3n) is 3.62. The van der Waals surface area contributed by atoms with Crippen molar-refractivity contribution < 1.29 is 14.6 Å². The second-order valence-electron chi connectivity index (χ2n) is 5.51. The number of aliphatic hydroxyl groups is 1. The number of aliphatic hydroxyl groups excluding tert-OH is 1. The van der Waals surface area contributed by atoms with Crippen LogP contribution >= 0.6 is 0 Å². The molecule has 0 aromatic heterocycles. The van der Waals surface area contributed by atoms with Gasteiger partial charge in [0.25, 0.3) is 0 Å². The number of hydrogen-bond acceptors (Lipinski definition) is 3. The molecule has 0 fully saturated rings. The van der Waals surface area contributed by atoms with E-state index < -0.39 is 0 Å². The Hall–Kier alpha value is -1.06. The maximum absolute atomic E-state index is 9.77. The van der Waals surface area contributed by atoms with Gasteiger partial charge in [-0.05, 0) is 43.4 Å². The summed E-state index contributed by atoms with van der Waals surface area (Å²) in [5.74, 6) is 0.906. The lowest BCUT2D eigenvalue weighted by Crippen LogP contribution is -2.11. The van der Waals surface area contributed by atoms with Crippen molar-refractivity contribution in [3.8, 4) is 5.75 Å². The van der Waals surface area contributed by atoms with Crippen molar-refractivity contribution in [3.63, 3.8) is 0 Å². The number of benzene rings is 1. The number of methoxy groups -OCH3 is 1. The van der Waals surface area contributed by atoms with Crippen molar-refractivity contribution in [1.29, 1.82) is 0 Å². The predicted molar refractivity (Wildman–Crippen MR) is 86.9 cm³/mol. The Morgan fingerprint density at radius 2 is 1.95 bits per heavy atom. The molecular weight excluding hydrogens is 264 g/mol.